The number of hydrogen-bond acceptors (Lipinski definition) is 8. The average Bonchev–Trinajstić information content (AvgIpc) is 3.25. The Balaban J connectivity index is 3.94. The van der Waals surface area contributed by atoms with Crippen molar-refractivity contribution in [2.45, 2.75) is 193 Å². The van der Waals surface area contributed by atoms with E-state index >= 15 is 0 Å². The molecule has 0 saturated carbocycles. The van der Waals surface area contributed by atoms with E-state index in [0.29, 0.717) is 12.8 Å². The van der Waals surface area contributed by atoms with Crippen LogP contribution in [-0.2, 0) is 32.7 Å². The van der Waals surface area contributed by atoms with Crippen molar-refractivity contribution >= 4 is 25.7 Å². The maximum Gasteiger partial charge on any atom is 0.472 e. The lowest BCUT2D eigenvalue weighted by Gasteiger charge is -2.18. The molecule has 0 fully saturated rings. The van der Waals surface area contributed by atoms with Gasteiger partial charge >= 0.3 is 19.8 Å². The van der Waals surface area contributed by atoms with E-state index in [1.807, 2.05) is 0 Å². The number of ether oxygens (including phenoxy) is 1. The molecule has 0 aliphatic rings. The van der Waals surface area contributed by atoms with Gasteiger partial charge in [-0.05, 0) is 89.9 Å². The first-order valence-electron chi connectivity index (χ1n) is 23.6. The second kappa shape index (κ2) is 44.3. The third-order valence-corrected chi connectivity index (χ3v) is 10.6. The van der Waals surface area contributed by atoms with Gasteiger partial charge in [-0.25, -0.2) is 9.36 Å². The van der Waals surface area contributed by atoms with Crippen LogP contribution in [0.4, 0.5) is 0 Å². The Hall–Kier alpha value is -3.34. The lowest BCUT2D eigenvalue weighted by molar-refractivity contribution is -0.147. The Labute approximate surface area is 375 Å². The molecule has 3 atom stereocenters. The van der Waals surface area contributed by atoms with E-state index in [-0.39, 0.29) is 12.8 Å². The van der Waals surface area contributed by atoms with Gasteiger partial charge in [0.15, 0.2) is 6.04 Å². The van der Waals surface area contributed by atoms with Crippen molar-refractivity contribution in [2.75, 3.05) is 19.8 Å². The Bertz CT molecular complexity index is 1370. The fourth-order valence-electron chi connectivity index (χ4n) is 6.02. The zero-order valence-corrected chi connectivity index (χ0v) is 39.3. The predicted molar refractivity (Wildman–Crippen MR) is 254 cm³/mol. The molecule has 62 heavy (non-hydrogen) atoms. The predicted octanol–water partition coefficient (Wildman–Crippen LogP) is 12.7. The number of aliphatic carboxylic acids is 1. The molecule has 0 aliphatic heterocycles. The van der Waals surface area contributed by atoms with Crippen LogP contribution in [0.15, 0.2) is 85.1 Å². The van der Waals surface area contributed by atoms with E-state index in [1.165, 1.54) is 57.8 Å². The quantitative estimate of drug-likeness (QED) is 0.0200. The summed E-state index contributed by atoms with van der Waals surface area (Å²) in [6, 6.07) is -1.57. The van der Waals surface area contributed by atoms with Crippen LogP contribution in [-0.4, -0.2) is 64.9 Å². The number of phosphoric ester groups is 1. The van der Waals surface area contributed by atoms with Gasteiger partial charge in [0.1, 0.15) is 12.7 Å². The number of hydrogen-bond donors (Lipinski definition) is 4. The second-order valence-corrected chi connectivity index (χ2v) is 17.0. The Morgan fingerprint density at radius 2 is 0.935 bits per heavy atom. The van der Waals surface area contributed by atoms with Gasteiger partial charge in [-0.3, -0.25) is 18.6 Å². The number of allylic oxidation sites excluding steroid dienone is 14. The number of carbonyl (C=O) groups is 3. The van der Waals surface area contributed by atoms with Crippen molar-refractivity contribution in [1.29, 1.82) is 0 Å². The summed E-state index contributed by atoms with van der Waals surface area (Å²) in [6.45, 7) is 2.43. The first-order valence-corrected chi connectivity index (χ1v) is 25.1. The molecule has 0 aliphatic carbocycles. The van der Waals surface area contributed by atoms with Gasteiger partial charge in [0.05, 0.1) is 13.2 Å². The van der Waals surface area contributed by atoms with Gasteiger partial charge in [-0.2, -0.15) is 0 Å². The van der Waals surface area contributed by atoms with Crippen LogP contribution in [0.5, 0.6) is 0 Å². The largest absolute Gasteiger partial charge is 0.480 e. The minimum atomic E-state index is -4.78. The van der Waals surface area contributed by atoms with Gasteiger partial charge in [0, 0.05) is 12.8 Å². The third-order valence-electron chi connectivity index (χ3n) is 9.67. The maximum absolute atomic E-state index is 12.3. The second-order valence-electron chi connectivity index (χ2n) is 15.6. The molecule has 1 amide bonds. The molecular formula is C50H84NO10P. The van der Waals surface area contributed by atoms with Crippen molar-refractivity contribution < 1.29 is 47.8 Å². The van der Waals surface area contributed by atoms with Crippen molar-refractivity contribution in [3.8, 4) is 0 Å². The maximum atomic E-state index is 12.3. The van der Waals surface area contributed by atoms with Crippen molar-refractivity contribution in [2.24, 2.45) is 0 Å². The van der Waals surface area contributed by atoms with Crippen molar-refractivity contribution in [1.82, 2.24) is 5.32 Å². The fraction of sp³-hybridized carbons (Fsp3) is 0.660. The van der Waals surface area contributed by atoms with Crippen molar-refractivity contribution in [3.63, 3.8) is 0 Å². The van der Waals surface area contributed by atoms with Gasteiger partial charge in [-0.15, -0.1) is 0 Å². The SMILES string of the molecule is CC/C=C\C/C=C\C/C=C\C/C=C\C/C=C\CCCCCC(=O)NC(COP(=O)(O)OCC(O)COC(=O)CCCCCCCCCCC/C=C\C/C=C\CCCCC)C(=O)O. The normalized spacial score (nSPS) is 14.4. The number of nitrogens with one attached hydrogen (secondary N) is 1. The summed E-state index contributed by atoms with van der Waals surface area (Å²) in [5.41, 5.74) is 0. The van der Waals surface area contributed by atoms with Crippen LogP contribution in [0, 0.1) is 0 Å². The summed E-state index contributed by atoms with van der Waals surface area (Å²) in [5.74, 6) is -2.43. The number of phosphoric acid groups is 1. The van der Waals surface area contributed by atoms with Crippen LogP contribution in [0.25, 0.3) is 0 Å². The molecule has 0 saturated heterocycles. The van der Waals surface area contributed by atoms with Crippen LogP contribution in [0.3, 0.4) is 0 Å². The summed E-state index contributed by atoms with van der Waals surface area (Å²) in [5, 5.41) is 21.9. The Kier molecular flexibility index (Phi) is 41.9. The molecule has 0 spiro atoms. The summed E-state index contributed by atoms with van der Waals surface area (Å²) in [6.07, 6.45) is 54.6. The molecule has 0 radical (unpaired) electrons. The number of aliphatic hydroxyl groups is 1. The van der Waals surface area contributed by atoms with E-state index in [9.17, 15) is 34.1 Å². The van der Waals surface area contributed by atoms with Crippen LogP contribution in [0.1, 0.15) is 181 Å². The number of unbranched alkanes of at least 4 members (excludes halogenated alkanes) is 15. The average molecular weight is 890 g/mol. The summed E-state index contributed by atoms with van der Waals surface area (Å²) in [7, 11) is -4.78. The number of rotatable bonds is 43. The topological polar surface area (TPSA) is 169 Å². The van der Waals surface area contributed by atoms with E-state index < -0.39 is 57.6 Å². The zero-order chi connectivity index (χ0) is 45.6. The lowest BCUT2D eigenvalue weighted by atomic mass is 10.1. The van der Waals surface area contributed by atoms with E-state index in [1.54, 1.807) is 0 Å². The highest BCUT2D eigenvalue weighted by atomic mass is 31.2. The zero-order valence-electron chi connectivity index (χ0n) is 38.4. The van der Waals surface area contributed by atoms with Gasteiger partial charge in [-0.1, -0.05) is 163 Å². The first-order chi connectivity index (χ1) is 30.1. The number of carboxylic acids is 1. The highest BCUT2D eigenvalue weighted by Crippen LogP contribution is 2.43. The van der Waals surface area contributed by atoms with E-state index in [0.717, 1.165) is 83.5 Å². The third kappa shape index (κ3) is 43.3. The Morgan fingerprint density at radius 3 is 1.42 bits per heavy atom. The molecule has 12 heteroatoms. The minimum absolute atomic E-state index is 0.102. The van der Waals surface area contributed by atoms with Gasteiger partial charge in [0.25, 0.3) is 0 Å². The summed E-state index contributed by atoms with van der Waals surface area (Å²) < 4.78 is 26.9. The first kappa shape index (κ1) is 58.7. The molecule has 0 aromatic heterocycles. The van der Waals surface area contributed by atoms with Crippen LogP contribution in [0.2, 0.25) is 0 Å². The van der Waals surface area contributed by atoms with Crippen LogP contribution < -0.4 is 5.32 Å². The van der Waals surface area contributed by atoms with Gasteiger partial charge < -0.3 is 25.2 Å². The van der Waals surface area contributed by atoms with Gasteiger partial charge in [0.2, 0.25) is 5.91 Å². The molecule has 11 nitrogen and oxygen atoms in total. The molecule has 354 valence electrons. The van der Waals surface area contributed by atoms with E-state index in [4.69, 9.17) is 13.8 Å². The minimum Gasteiger partial charge on any atom is -0.480 e. The standard InChI is InChI=1S/C50H84NO10P/c1-3-5-7-9-11-13-15-17-19-21-23-25-27-29-31-33-35-37-39-41-48(53)51-47(50(55)56)45-61-62(57,58)60-44-46(52)43-59-49(54)42-40-38-36-34-32-30-28-26-24-22-20-18-16-14-12-10-8-6-4-2/h5,7,11-14,17-20,23,25,29,31,46-47,52H,3-4,6,8-10,15-16,21-22,24,26-28,30,32-45H2,1-2H3,(H,51,53)(H,55,56)(H,57,58)/b7-5-,13-11-,14-12-,19-17-,20-18-,25-23-,31-29-. The molecule has 3 unspecified atom stereocenters. The van der Waals surface area contributed by atoms with Crippen molar-refractivity contribution in [3.05, 3.63) is 85.1 Å². The summed E-state index contributed by atoms with van der Waals surface area (Å²) in [4.78, 5) is 46.0. The van der Waals surface area contributed by atoms with E-state index in [2.05, 4.69) is 104 Å². The number of carbonyl (C=O) groups excluding carboxylic acids is 2. The number of amides is 1. The molecule has 0 aromatic carbocycles. The molecule has 0 aromatic rings. The molecular weight excluding hydrogens is 806 g/mol. The number of esters is 1. The monoisotopic (exact) mass is 890 g/mol. The number of aliphatic hydroxyl groups excluding tert-OH is 1. The summed E-state index contributed by atoms with van der Waals surface area (Å²) >= 11 is 0. The molecule has 0 heterocycles. The fourth-order valence-corrected chi connectivity index (χ4v) is 6.79. The molecule has 4 N–H and O–H groups in total. The lowest BCUT2D eigenvalue weighted by Crippen LogP contribution is -2.43. The van der Waals surface area contributed by atoms with Crippen LogP contribution >= 0.6 is 7.82 Å². The highest BCUT2D eigenvalue weighted by Gasteiger charge is 2.28. The number of carboxylic acid groups (broad SMARTS) is 1. The highest BCUT2D eigenvalue weighted by molar-refractivity contribution is 7.47. The smallest absolute Gasteiger partial charge is 0.472 e. The Morgan fingerprint density at radius 1 is 0.532 bits per heavy atom. The molecule has 0 rings (SSSR count). The molecule has 0 bridgehead atoms.